The number of nitrogens with zero attached hydrogens (tertiary/aromatic N) is 2. The summed E-state index contributed by atoms with van der Waals surface area (Å²) in [6.45, 7) is 0.596. The van der Waals surface area contributed by atoms with E-state index < -0.39 is 0 Å². The first-order chi connectivity index (χ1) is 9.58. The predicted molar refractivity (Wildman–Crippen MR) is 84.1 cm³/mol. The topological polar surface area (TPSA) is 33.2 Å². The van der Waals surface area contributed by atoms with Crippen molar-refractivity contribution >= 4 is 33.4 Å². The molecule has 1 aromatic carbocycles. The van der Waals surface area contributed by atoms with Crippen LogP contribution in [0.1, 0.15) is 16.1 Å². The van der Waals surface area contributed by atoms with Gasteiger partial charge in [-0.05, 0) is 30.3 Å². The minimum Gasteiger partial charge on any atom is -0.341 e. The second-order valence-electron chi connectivity index (χ2n) is 4.42. The van der Waals surface area contributed by atoms with Crippen molar-refractivity contribution in [1.82, 2.24) is 9.88 Å². The lowest BCUT2D eigenvalue weighted by Gasteiger charge is -2.17. The average Bonchev–Trinajstić information content (AvgIpc) is 2.47. The Morgan fingerprint density at radius 3 is 2.85 bits per heavy atom. The summed E-state index contributed by atoms with van der Waals surface area (Å²) >= 11 is 9.42. The highest BCUT2D eigenvalue weighted by Crippen LogP contribution is 2.22. The fourth-order valence-corrected chi connectivity index (χ4v) is 2.36. The van der Waals surface area contributed by atoms with Crippen LogP contribution in [0.4, 0.5) is 0 Å². The predicted octanol–water partition coefficient (Wildman–Crippen LogP) is 3.81. The van der Waals surface area contributed by atoms with E-state index in [-0.39, 0.29) is 5.91 Å². The van der Waals surface area contributed by atoms with Crippen LogP contribution in [-0.2, 0) is 6.42 Å². The molecule has 0 aliphatic heterocycles. The molecule has 0 saturated carbocycles. The lowest BCUT2D eigenvalue weighted by atomic mass is 10.2. The van der Waals surface area contributed by atoms with Crippen LogP contribution in [0, 0.1) is 0 Å². The molecule has 0 aliphatic carbocycles. The maximum absolute atomic E-state index is 12.3. The molecule has 1 heterocycles. The average molecular weight is 354 g/mol. The number of likely N-dealkylation sites (N-methyl/N-ethyl adjacent to an activating group) is 1. The first kappa shape index (κ1) is 15.0. The molecule has 0 saturated heterocycles. The van der Waals surface area contributed by atoms with Crippen molar-refractivity contribution in [2.24, 2.45) is 0 Å². The van der Waals surface area contributed by atoms with Crippen LogP contribution in [0.3, 0.4) is 0 Å². The Morgan fingerprint density at radius 1 is 1.35 bits per heavy atom. The Balaban J connectivity index is 2.03. The highest BCUT2D eigenvalue weighted by atomic mass is 79.9. The van der Waals surface area contributed by atoms with Crippen LogP contribution >= 0.6 is 27.5 Å². The zero-order valence-electron chi connectivity index (χ0n) is 11.0. The third-order valence-electron chi connectivity index (χ3n) is 2.94. The monoisotopic (exact) mass is 352 g/mol. The number of halogens is 2. The van der Waals surface area contributed by atoms with Crippen LogP contribution in [0.2, 0.25) is 5.02 Å². The van der Waals surface area contributed by atoms with Gasteiger partial charge >= 0.3 is 0 Å². The molecule has 0 radical (unpaired) electrons. The summed E-state index contributed by atoms with van der Waals surface area (Å²) in [5, 5.41) is 0.461. The Kier molecular flexibility index (Phi) is 5.15. The fraction of sp³-hybridized carbons (Fsp3) is 0.200. The second-order valence-corrected chi connectivity index (χ2v) is 5.74. The van der Waals surface area contributed by atoms with E-state index in [4.69, 9.17) is 11.6 Å². The van der Waals surface area contributed by atoms with Crippen molar-refractivity contribution in [3.8, 4) is 0 Å². The van der Waals surface area contributed by atoms with Gasteiger partial charge < -0.3 is 4.90 Å². The molecule has 0 N–H and O–H groups in total. The van der Waals surface area contributed by atoms with E-state index in [0.717, 1.165) is 10.2 Å². The van der Waals surface area contributed by atoms with Crippen LogP contribution in [0.5, 0.6) is 0 Å². The Bertz CT molecular complexity index is 604. The molecule has 0 bridgehead atoms. The first-order valence-corrected chi connectivity index (χ1v) is 7.35. The summed E-state index contributed by atoms with van der Waals surface area (Å²) in [7, 11) is 1.77. The van der Waals surface area contributed by atoms with Crippen molar-refractivity contribution in [1.29, 1.82) is 0 Å². The van der Waals surface area contributed by atoms with Gasteiger partial charge in [-0.25, -0.2) is 0 Å². The summed E-state index contributed by atoms with van der Waals surface area (Å²) < 4.78 is 0.836. The number of benzene rings is 1. The summed E-state index contributed by atoms with van der Waals surface area (Å²) in [5.74, 6) is -0.0905. The molecule has 5 heteroatoms. The van der Waals surface area contributed by atoms with Gasteiger partial charge in [0.1, 0.15) is 0 Å². The SMILES string of the molecule is CN(CCc1ccccn1)C(=O)c1cc(Br)ccc1Cl. The van der Waals surface area contributed by atoms with Crippen molar-refractivity contribution in [3.63, 3.8) is 0 Å². The molecule has 3 nitrogen and oxygen atoms in total. The molecule has 0 spiro atoms. The molecule has 0 fully saturated rings. The molecular weight excluding hydrogens is 340 g/mol. The Labute approximate surface area is 131 Å². The molecule has 0 aliphatic rings. The number of hydrogen-bond donors (Lipinski definition) is 0. The fourth-order valence-electron chi connectivity index (χ4n) is 1.80. The van der Waals surface area contributed by atoms with Gasteiger partial charge in [-0.2, -0.15) is 0 Å². The van der Waals surface area contributed by atoms with Gasteiger partial charge in [0.25, 0.3) is 5.91 Å². The van der Waals surface area contributed by atoms with E-state index in [9.17, 15) is 4.79 Å². The number of rotatable bonds is 4. The van der Waals surface area contributed by atoms with Crippen LogP contribution in [0.25, 0.3) is 0 Å². The van der Waals surface area contributed by atoms with Crippen LogP contribution in [-0.4, -0.2) is 29.4 Å². The zero-order chi connectivity index (χ0) is 14.5. The van der Waals surface area contributed by atoms with E-state index in [0.29, 0.717) is 23.6 Å². The molecule has 1 amide bonds. The molecular formula is C15H14BrClN2O. The number of hydrogen-bond acceptors (Lipinski definition) is 2. The van der Waals surface area contributed by atoms with E-state index in [1.54, 1.807) is 30.3 Å². The molecule has 2 aromatic rings. The van der Waals surface area contributed by atoms with Gasteiger partial charge in [0.15, 0.2) is 0 Å². The van der Waals surface area contributed by atoms with Gasteiger partial charge in [0, 0.05) is 36.4 Å². The van der Waals surface area contributed by atoms with Gasteiger partial charge in [-0.3, -0.25) is 9.78 Å². The van der Waals surface area contributed by atoms with E-state index >= 15 is 0 Å². The third kappa shape index (κ3) is 3.81. The number of pyridine rings is 1. The molecule has 1 aromatic heterocycles. The van der Waals surface area contributed by atoms with Crippen molar-refractivity contribution in [3.05, 3.63) is 63.3 Å². The Hall–Kier alpha value is -1.39. The summed E-state index contributed by atoms with van der Waals surface area (Å²) in [6, 6.07) is 11.0. The van der Waals surface area contributed by atoms with Gasteiger partial charge in [0.2, 0.25) is 0 Å². The molecule has 20 heavy (non-hydrogen) atoms. The summed E-state index contributed by atoms with van der Waals surface area (Å²) in [4.78, 5) is 18.2. The van der Waals surface area contributed by atoms with E-state index in [1.807, 2.05) is 24.3 Å². The van der Waals surface area contributed by atoms with Crippen molar-refractivity contribution in [2.75, 3.05) is 13.6 Å². The largest absolute Gasteiger partial charge is 0.341 e. The van der Waals surface area contributed by atoms with E-state index in [1.165, 1.54) is 0 Å². The van der Waals surface area contributed by atoms with Gasteiger partial charge in [0.05, 0.1) is 10.6 Å². The van der Waals surface area contributed by atoms with Gasteiger partial charge in [-0.1, -0.05) is 33.6 Å². The van der Waals surface area contributed by atoms with Crippen molar-refractivity contribution < 1.29 is 4.79 Å². The number of aromatic nitrogens is 1. The normalized spacial score (nSPS) is 10.3. The standard InChI is InChI=1S/C15H14BrClN2O/c1-19(9-7-12-4-2-3-8-18-12)15(20)13-10-11(16)5-6-14(13)17/h2-6,8,10H,7,9H2,1H3. The minimum absolute atomic E-state index is 0.0905. The first-order valence-electron chi connectivity index (χ1n) is 6.18. The summed E-state index contributed by atoms with van der Waals surface area (Å²) in [5.41, 5.74) is 1.47. The lowest BCUT2D eigenvalue weighted by molar-refractivity contribution is 0.0796. The molecule has 0 unspecified atom stereocenters. The second kappa shape index (κ2) is 6.86. The molecule has 104 valence electrons. The highest BCUT2D eigenvalue weighted by Gasteiger charge is 2.15. The van der Waals surface area contributed by atoms with Crippen LogP contribution < -0.4 is 0 Å². The molecule has 0 atom stereocenters. The van der Waals surface area contributed by atoms with Gasteiger partial charge in [-0.15, -0.1) is 0 Å². The minimum atomic E-state index is -0.0905. The van der Waals surface area contributed by atoms with Crippen molar-refractivity contribution in [2.45, 2.75) is 6.42 Å². The smallest absolute Gasteiger partial charge is 0.255 e. The maximum Gasteiger partial charge on any atom is 0.255 e. The van der Waals surface area contributed by atoms with Crippen LogP contribution in [0.15, 0.2) is 47.1 Å². The third-order valence-corrected chi connectivity index (χ3v) is 3.76. The number of carbonyl (C=O) groups excluding carboxylic acids is 1. The maximum atomic E-state index is 12.3. The number of carbonyl (C=O) groups is 1. The number of amides is 1. The highest BCUT2D eigenvalue weighted by molar-refractivity contribution is 9.10. The molecule has 2 rings (SSSR count). The lowest BCUT2D eigenvalue weighted by Crippen LogP contribution is -2.29. The van der Waals surface area contributed by atoms with E-state index in [2.05, 4.69) is 20.9 Å². The Morgan fingerprint density at radius 2 is 2.15 bits per heavy atom. The summed E-state index contributed by atoms with van der Waals surface area (Å²) in [6.07, 6.45) is 2.47. The quantitative estimate of drug-likeness (QED) is 0.837. The zero-order valence-corrected chi connectivity index (χ0v) is 13.4.